The zero-order chi connectivity index (χ0) is 24.0. The lowest BCUT2D eigenvalue weighted by molar-refractivity contribution is 0.0982. The fraction of sp³-hybridized carbons (Fsp3) is 0.333. The van der Waals surface area contributed by atoms with E-state index in [4.69, 9.17) is 0 Å². The molecule has 0 heterocycles. The molecule has 0 spiro atoms. The van der Waals surface area contributed by atoms with Crippen molar-refractivity contribution >= 4 is 19.7 Å². The van der Waals surface area contributed by atoms with Gasteiger partial charge in [0, 0.05) is 6.42 Å². The van der Waals surface area contributed by atoms with Crippen LogP contribution in [0.2, 0.25) is 0 Å². The maximum Gasteiger partial charge on any atom is 0.199 e. The molecule has 1 unspecified atom stereocenters. The van der Waals surface area contributed by atoms with Crippen molar-refractivity contribution in [1.29, 1.82) is 0 Å². The number of rotatable bonds is 11. The highest BCUT2D eigenvalue weighted by Crippen LogP contribution is 2.43. The van der Waals surface area contributed by atoms with Gasteiger partial charge in [0.2, 0.25) is 0 Å². The molecule has 0 aliphatic rings. The summed E-state index contributed by atoms with van der Waals surface area (Å²) in [5.41, 5.74) is -1.03. The average Bonchev–Trinajstić information content (AvgIpc) is 2.79. The minimum absolute atomic E-state index is 0.132. The Hall–Kier alpha value is -2.26. The Labute approximate surface area is 190 Å². The molecular weight excluding hydrogens is 448 g/mol. The molecule has 174 valence electrons. The molecule has 0 aromatic heterocycles. The number of allylic oxidation sites excluding steroid dienone is 1. The van der Waals surface area contributed by atoms with E-state index in [0.29, 0.717) is 5.57 Å². The van der Waals surface area contributed by atoms with Gasteiger partial charge in [-0.3, -0.25) is 0 Å². The third-order valence-electron chi connectivity index (χ3n) is 5.55. The first-order valence-electron chi connectivity index (χ1n) is 10.2. The van der Waals surface area contributed by atoms with Crippen LogP contribution in [0.15, 0.2) is 94.8 Å². The van der Waals surface area contributed by atoms with Gasteiger partial charge < -0.3 is 10.2 Å². The molecule has 2 N–H and O–H groups in total. The second kappa shape index (κ2) is 10.1. The van der Waals surface area contributed by atoms with Crippen LogP contribution in [0.1, 0.15) is 33.1 Å². The van der Waals surface area contributed by atoms with E-state index < -0.39 is 29.4 Å². The van der Waals surface area contributed by atoms with E-state index >= 15 is 0 Å². The van der Waals surface area contributed by atoms with Crippen molar-refractivity contribution in [2.45, 2.75) is 52.6 Å². The minimum Gasteiger partial charge on any atom is -0.392 e. The van der Waals surface area contributed by atoms with E-state index in [9.17, 15) is 27.0 Å². The van der Waals surface area contributed by atoms with Gasteiger partial charge in [-0.15, -0.1) is 6.58 Å². The first kappa shape index (κ1) is 26.0. The van der Waals surface area contributed by atoms with Crippen LogP contribution in [0.4, 0.5) is 0 Å². The minimum atomic E-state index is -4.46. The molecule has 0 radical (unpaired) electrons. The highest BCUT2D eigenvalue weighted by atomic mass is 32.3. The number of aliphatic hydroxyl groups excluding tert-OH is 1. The Bertz CT molecular complexity index is 1080. The lowest BCUT2D eigenvalue weighted by atomic mass is 9.98. The van der Waals surface area contributed by atoms with Gasteiger partial charge in [0.15, 0.2) is 23.8 Å². The van der Waals surface area contributed by atoms with Gasteiger partial charge in [0.1, 0.15) is 0 Å². The van der Waals surface area contributed by atoms with Crippen LogP contribution in [0.25, 0.3) is 0 Å². The molecule has 0 aliphatic heterocycles. The van der Waals surface area contributed by atoms with Gasteiger partial charge >= 0.3 is 0 Å². The van der Waals surface area contributed by atoms with Crippen molar-refractivity contribution in [1.82, 2.24) is 0 Å². The summed E-state index contributed by atoms with van der Waals surface area (Å²) in [6.07, 6.45) is 1.78. The van der Waals surface area contributed by atoms with E-state index in [1.54, 1.807) is 19.1 Å². The molecule has 0 aliphatic carbocycles. The summed E-state index contributed by atoms with van der Waals surface area (Å²) in [5.74, 6) is 0. The van der Waals surface area contributed by atoms with Crippen LogP contribution in [-0.2, 0) is 19.7 Å². The normalized spacial score (nSPS) is 15.2. The van der Waals surface area contributed by atoms with Gasteiger partial charge in [-0.2, -0.15) is 0 Å². The second-order valence-electron chi connectivity index (χ2n) is 8.02. The molecule has 6 nitrogen and oxygen atoms in total. The van der Waals surface area contributed by atoms with E-state index in [1.807, 2.05) is 0 Å². The summed E-state index contributed by atoms with van der Waals surface area (Å²) in [6.45, 7) is 6.27. The molecule has 0 bridgehead atoms. The standard InChI is InChI=1S/C24H30O6S2/c1-4-23(3,26)17-18-24(16-15-20(2)19-25,31(27,28)21-11-7-5-8-12-21)32(29,30)22-13-9-6-10-14-22/h4-15,25-26H,1,16-19H2,2-3H3/b20-15+. The largest absolute Gasteiger partial charge is 0.392 e. The van der Waals surface area contributed by atoms with Crippen LogP contribution >= 0.6 is 0 Å². The van der Waals surface area contributed by atoms with Gasteiger partial charge in [-0.1, -0.05) is 54.1 Å². The SMILES string of the molecule is C=CC(C)(O)CCC(C/C=C(\C)CO)(S(=O)(=O)c1ccccc1)S(=O)(=O)c1ccccc1. The molecule has 0 amide bonds. The highest BCUT2D eigenvalue weighted by molar-refractivity contribution is 8.10. The fourth-order valence-corrected chi connectivity index (χ4v) is 8.27. The third kappa shape index (κ3) is 5.20. The predicted molar refractivity (Wildman–Crippen MR) is 126 cm³/mol. The lowest BCUT2D eigenvalue weighted by Crippen LogP contribution is -2.47. The molecular formula is C24H30O6S2. The third-order valence-corrected chi connectivity index (χ3v) is 11.4. The number of sulfone groups is 2. The zero-order valence-corrected chi connectivity index (χ0v) is 19.9. The summed E-state index contributed by atoms with van der Waals surface area (Å²) >= 11 is 0. The Morgan fingerprint density at radius 1 is 0.906 bits per heavy atom. The number of aliphatic hydroxyl groups is 2. The molecule has 1 atom stereocenters. The van der Waals surface area contributed by atoms with Crippen molar-refractivity contribution in [2.75, 3.05) is 6.61 Å². The Balaban J connectivity index is 2.88. The van der Waals surface area contributed by atoms with Crippen molar-refractivity contribution in [3.63, 3.8) is 0 Å². The maximum absolute atomic E-state index is 14.0. The second-order valence-corrected chi connectivity index (χ2v) is 12.8. The predicted octanol–water partition coefficient (Wildman–Crippen LogP) is 3.68. The van der Waals surface area contributed by atoms with E-state index in [-0.39, 0.29) is 35.7 Å². The molecule has 0 saturated heterocycles. The van der Waals surface area contributed by atoms with E-state index in [2.05, 4.69) is 6.58 Å². The monoisotopic (exact) mass is 478 g/mol. The van der Waals surface area contributed by atoms with Crippen molar-refractivity contribution < 1.29 is 27.0 Å². The van der Waals surface area contributed by atoms with Crippen molar-refractivity contribution in [3.05, 3.63) is 85.0 Å². The van der Waals surface area contributed by atoms with Gasteiger partial charge in [-0.05, 0) is 51.0 Å². The average molecular weight is 479 g/mol. The van der Waals surface area contributed by atoms with Gasteiger partial charge in [-0.25, -0.2) is 16.8 Å². The van der Waals surface area contributed by atoms with Crippen LogP contribution in [0, 0.1) is 0 Å². The maximum atomic E-state index is 14.0. The molecule has 2 aromatic rings. The lowest BCUT2D eigenvalue weighted by Gasteiger charge is -2.34. The Kier molecular flexibility index (Phi) is 8.22. The van der Waals surface area contributed by atoms with Gasteiger partial charge in [0.05, 0.1) is 22.0 Å². The number of hydrogen-bond donors (Lipinski definition) is 2. The highest BCUT2D eigenvalue weighted by Gasteiger charge is 2.55. The molecule has 0 saturated carbocycles. The Morgan fingerprint density at radius 2 is 1.34 bits per heavy atom. The van der Waals surface area contributed by atoms with E-state index in [1.165, 1.54) is 67.6 Å². The van der Waals surface area contributed by atoms with Gasteiger partial charge in [0.25, 0.3) is 0 Å². The molecule has 0 fully saturated rings. The summed E-state index contributed by atoms with van der Waals surface area (Å²) in [6, 6.07) is 14.8. The molecule has 2 rings (SSSR count). The quantitative estimate of drug-likeness (QED) is 0.477. The molecule has 8 heteroatoms. The fourth-order valence-electron chi connectivity index (χ4n) is 3.30. The van der Waals surface area contributed by atoms with E-state index in [0.717, 1.165) is 0 Å². The summed E-state index contributed by atoms with van der Waals surface area (Å²) in [4.78, 5) is -0.263. The summed E-state index contributed by atoms with van der Waals surface area (Å²) in [7, 11) is -8.93. The molecule has 2 aromatic carbocycles. The van der Waals surface area contributed by atoms with Crippen LogP contribution in [0.5, 0.6) is 0 Å². The summed E-state index contributed by atoms with van der Waals surface area (Å²) < 4.78 is 53.7. The van der Waals surface area contributed by atoms with Crippen molar-refractivity contribution in [3.8, 4) is 0 Å². The number of hydrogen-bond acceptors (Lipinski definition) is 6. The zero-order valence-electron chi connectivity index (χ0n) is 18.3. The first-order valence-corrected chi connectivity index (χ1v) is 13.1. The van der Waals surface area contributed by atoms with Crippen molar-refractivity contribution in [2.24, 2.45) is 0 Å². The number of benzene rings is 2. The smallest absolute Gasteiger partial charge is 0.199 e. The summed E-state index contributed by atoms with van der Waals surface area (Å²) in [5, 5.41) is 20.0. The van der Waals surface area contributed by atoms with Crippen LogP contribution < -0.4 is 0 Å². The first-order chi connectivity index (χ1) is 14.9. The molecule has 32 heavy (non-hydrogen) atoms. The van der Waals surface area contributed by atoms with Crippen LogP contribution in [0.3, 0.4) is 0 Å². The Morgan fingerprint density at radius 3 is 1.72 bits per heavy atom. The van der Waals surface area contributed by atoms with Crippen LogP contribution in [-0.4, -0.2) is 43.3 Å². The topological polar surface area (TPSA) is 109 Å².